The van der Waals surface area contributed by atoms with Crippen molar-refractivity contribution >= 4 is 18.0 Å². The molecule has 0 spiro atoms. The van der Waals surface area contributed by atoms with Gasteiger partial charge in [-0.1, -0.05) is 13.8 Å². The van der Waals surface area contributed by atoms with Gasteiger partial charge in [0.15, 0.2) is 11.8 Å². The van der Waals surface area contributed by atoms with Gasteiger partial charge in [0.2, 0.25) is 5.78 Å². The topological polar surface area (TPSA) is 97.5 Å². The Balaban J connectivity index is 4.83. The zero-order valence-electron chi connectivity index (χ0n) is 7.61. The average molecular weight is 187 g/mol. The lowest BCUT2D eigenvalue weighted by Crippen LogP contribution is -2.56. The average Bonchev–Trinajstić information content (AvgIpc) is 2.01. The van der Waals surface area contributed by atoms with Crippen LogP contribution in [0.4, 0.5) is 0 Å². The van der Waals surface area contributed by atoms with Gasteiger partial charge in [-0.05, 0) is 12.3 Å². The highest BCUT2D eigenvalue weighted by atomic mass is 16.4. The zero-order chi connectivity index (χ0) is 10.6. The molecule has 0 heterocycles. The van der Waals surface area contributed by atoms with Crippen LogP contribution in [0.3, 0.4) is 0 Å². The molecule has 0 bridgehead atoms. The van der Waals surface area contributed by atoms with Gasteiger partial charge in [0.25, 0.3) is 0 Å². The van der Waals surface area contributed by atoms with E-state index in [-0.39, 0.29) is 18.6 Å². The van der Waals surface area contributed by atoms with Gasteiger partial charge in [-0.15, -0.1) is 0 Å². The van der Waals surface area contributed by atoms with Crippen molar-refractivity contribution in [3.63, 3.8) is 0 Å². The van der Waals surface area contributed by atoms with Crippen molar-refractivity contribution < 1.29 is 19.5 Å². The molecule has 0 rings (SSSR count). The van der Waals surface area contributed by atoms with E-state index < -0.39 is 17.3 Å². The van der Waals surface area contributed by atoms with E-state index in [0.29, 0.717) is 0 Å². The van der Waals surface area contributed by atoms with Crippen molar-refractivity contribution in [3.8, 4) is 0 Å². The number of rotatable bonds is 5. The molecule has 0 amide bonds. The largest absolute Gasteiger partial charge is 0.480 e. The minimum absolute atomic E-state index is 0.0418. The van der Waals surface area contributed by atoms with Crippen LogP contribution in [0.2, 0.25) is 0 Å². The molecule has 5 heteroatoms. The molecule has 5 nitrogen and oxygen atoms in total. The third kappa shape index (κ3) is 2.62. The Morgan fingerprint density at radius 3 is 2.23 bits per heavy atom. The molecule has 0 saturated carbocycles. The smallest absolute Gasteiger partial charge is 0.331 e. The standard InChI is InChI=1S/C8H13NO4/c1-5(2)3-8(9,7(12)13)6(11)4-10/h4-5H,3,9H2,1-2H3,(H,12,13). The van der Waals surface area contributed by atoms with Gasteiger partial charge in [0.1, 0.15) is 0 Å². The van der Waals surface area contributed by atoms with E-state index in [2.05, 4.69) is 0 Å². The van der Waals surface area contributed by atoms with E-state index in [1.807, 2.05) is 0 Å². The molecule has 3 N–H and O–H groups in total. The first-order chi connectivity index (χ1) is 5.84. The number of carboxylic acid groups (broad SMARTS) is 1. The lowest BCUT2D eigenvalue weighted by molar-refractivity contribution is -0.150. The molecule has 74 valence electrons. The van der Waals surface area contributed by atoms with Crippen LogP contribution in [-0.4, -0.2) is 28.7 Å². The summed E-state index contributed by atoms with van der Waals surface area (Å²) in [6.07, 6.45) is -0.0869. The van der Waals surface area contributed by atoms with Crippen molar-refractivity contribution in [2.45, 2.75) is 25.8 Å². The molecule has 0 aromatic carbocycles. The van der Waals surface area contributed by atoms with Crippen molar-refractivity contribution in [2.75, 3.05) is 0 Å². The Morgan fingerprint density at radius 1 is 1.54 bits per heavy atom. The molecule has 0 aliphatic heterocycles. The molecule has 0 aromatic heterocycles. The molecule has 0 aliphatic carbocycles. The first-order valence-corrected chi connectivity index (χ1v) is 3.86. The van der Waals surface area contributed by atoms with Crippen LogP contribution in [0, 0.1) is 5.92 Å². The third-order valence-corrected chi connectivity index (χ3v) is 1.66. The Bertz CT molecular complexity index is 236. The molecule has 0 aromatic rings. The van der Waals surface area contributed by atoms with Crippen LogP contribution in [0.15, 0.2) is 0 Å². The minimum atomic E-state index is -2.06. The van der Waals surface area contributed by atoms with E-state index in [1.165, 1.54) is 0 Å². The summed E-state index contributed by atoms with van der Waals surface area (Å²) in [4.78, 5) is 31.7. The van der Waals surface area contributed by atoms with Crippen molar-refractivity contribution in [1.29, 1.82) is 0 Å². The van der Waals surface area contributed by atoms with E-state index in [0.717, 1.165) is 0 Å². The second-order valence-corrected chi connectivity index (χ2v) is 3.36. The molecule has 0 saturated heterocycles. The summed E-state index contributed by atoms with van der Waals surface area (Å²) < 4.78 is 0. The Hall–Kier alpha value is -1.23. The Kier molecular flexibility index (Phi) is 3.74. The number of carboxylic acids is 1. The minimum Gasteiger partial charge on any atom is -0.480 e. The van der Waals surface area contributed by atoms with Gasteiger partial charge in [0.05, 0.1) is 0 Å². The van der Waals surface area contributed by atoms with Gasteiger partial charge in [-0.25, -0.2) is 4.79 Å². The number of hydrogen-bond donors (Lipinski definition) is 2. The van der Waals surface area contributed by atoms with E-state index in [9.17, 15) is 14.4 Å². The maximum Gasteiger partial charge on any atom is 0.331 e. The summed E-state index contributed by atoms with van der Waals surface area (Å²) in [5, 5.41) is 8.68. The normalized spacial score (nSPS) is 15.1. The van der Waals surface area contributed by atoms with Crippen molar-refractivity contribution in [2.24, 2.45) is 11.7 Å². The number of carbonyl (C=O) groups is 3. The Labute approximate surface area is 75.9 Å². The van der Waals surface area contributed by atoms with Gasteiger partial charge < -0.3 is 10.8 Å². The fraction of sp³-hybridized carbons (Fsp3) is 0.625. The highest BCUT2D eigenvalue weighted by Gasteiger charge is 2.42. The maximum atomic E-state index is 10.9. The molecular weight excluding hydrogens is 174 g/mol. The van der Waals surface area contributed by atoms with Gasteiger partial charge >= 0.3 is 5.97 Å². The Morgan fingerprint density at radius 2 is 2.00 bits per heavy atom. The summed E-state index contributed by atoms with van der Waals surface area (Å²) in [6.45, 7) is 3.45. The highest BCUT2D eigenvalue weighted by Crippen LogP contribution is 2.15. The fourth-order valence-electron chi connectivity index (χ4n) is 1.04. The number of hydrogen-bond acceptors (Lipinski definition) is 4. The summed E-state index contributed by atoms with van der Waals surface area (Å²) >= 11 is 0. The second kappa shape index (κ2) is 4.13. The van der Waals surface area contributed by atoms with E-state index in [1.54, 1.807) is 13.8 Å². The monoisotopic (exact) mass is 187 g/mol. The summed E-state index contributed by atoms with van der Waals surface area (Å²) in [7, 11) is 0. The first kappa shape index (κ1) is 11.8. The van der Waals surface area contributed by atoms with Crippen LogP contribution in [-0.2, 0) is 14.4 Å². The molecule has 0 aliphatic rings. The molecule has 0 fully saturated rings. The lowest BCUT2D eigenvalue weighted by Gasteiger charge is -2.22. The maximum absolute atomic E-state index is 10.9. The number of aliphatic carboxylic acids is 1. The van der Waals surface area contributed by atoms with Crippen LogP contribution in [0.1, 0.15) is 20.3 Å². The third-order valence-electron chi connectivity index (χ3n) is 1.66. The number of carbonyl (C=O) groups excluding carboxylic acids is 2. The summed E-state index contributed by atoms with van der Waals surface area (Å²) in [6, 6.07) is 0. The number of nitrogens with two attached hydrogens (primary N) is 1. The van der Waals surface area contributed by atoms with Crippen LogP contribution in [0.5, 0.6) is 0 Å². The van der Waals surface area contributed by atoms with E-state index in [4.69, 9.17) is 10.8 Å². The van der Waals surface area contributed by atoms with Crippen molar-refractivity contribution in [3.05, 3.63) is 0 Å². The molecule has 1 unspecified atom stereocenters. The quantitative estimate of drug-likeness (QED) is 0.346. The first-order valence-electron chi connectivity index (χ1n) is 3.86. The number of Topliss-reactive ketones (excluding diaryl/α,β-unsaturated/α-hetero) is 1. The summed E-state index contributed by atoms with van der Waals surface area (Å²) in [5.41, 5.74) is 3.26. The molecule has 0 radical (unpaired) electrons. The lowest BCUT2D eigenvalue weighted by atomic mass is 9.86. The SMILES string of the molecule is CC(C)CC(N)(C(=O)O)C(=O)C=O. The van der Waals surface area contributed by atoms with Crippen LogP contribution < -0.4 is 5.73 Å². The number of aldehydes is 1. The van der Waals surface area contributed by atoms with Crippen molar-refractivity contribution in [1.82, 2.24) is 0 Å². The van der Waals surface area contributed by atoms with Gasteiger partial charge in [-0.3, -0.25) is 9.59 Å². The molecular formula is C8H13NO4. The van der Waals surface area contributed by atoms with Gasteiger partial charge in [-0.2, -0.15) is 0 Å². The predicted octanol–water partition coefficient (Wildman–Crippen LogP) is -0.417. The van der Waals surface area contributed by atoms with E-state index >= 15 is 0 Å². The fourth-order valence-corrected chi connectivity index (χ4v) is 1.04. The second-order valence-electron chi connectivity index (χ2n) is 3.36. The zero-order valence-corrected chi connectivity index (χ0v) is 7.61. The summed E-state index contributed by atoms with van der Waals surface area (Å²) in [5.74, 6) is -2.61. The van der Waals surface area contributed by atoms with Crippen LogP contribution in [0.25, 0.3) is 0 Å². The number of ketones is 1. The molecule has 13 heavy (non-hydrogen) atoms. The van der Waals surface area contributed by atoms with Gasteiger partial charge in [0, 0.05) is 0 Å². The highest BCUT2D eigenvalue weighted by molar-refractivity contribution is 6.35. The van der Waals surface area contributed by atoms with Crippen LogP contribution >= 0.6 is 0 Å². The molecule has 1 atom stereocenters. The predicted molar refractivity (Wildman–Crippen MR) is 45.1 cm³/mol.